The van der Waals surface area contributed by atoms with Gasteiger partial charge in [-0.1, -0.05) is 18.2 Å². The predicted octanol–water partition coefficient (Wildman–Crippen LogP) is 1.67. The number of fused-ring (bicyclic) bond motifs is 1. The smallest absolute Gasteiger partial charge is 0.336 e. The molecule has 3 nitrogen and oxygen atoms in total. The van der Waals surface area contributed by atoms with E-state index >= 15 is 0 Å². The number of para-hydroxylation sites is 1. The van der Waals surface area contributed by atoms with E-state index in [1.54, 1.807) is 12.1 Å². The van der Waals surface area contributed by atoms with Crippen LogP contribution in [0, 0.1) is 0 Å². The molecule has 0 aliphatic rings. The first-order valence-corrected chi connectivity index (χ1v) is 5.21. The third-order valence-electron chi connectivity index (χ3n) is 1.66. The molecule has 2 aromatic rings. The Balaban J connectivity index is 0.000000245. The molecule has 0 fully saturated rings. The van der Waals surface area contributed by atoms with Gasteiger partial charge in [-0.3, -0.25) is 0 Å². The molecule has 2 N–H and O–H groups in total. The van der Waals surface area contributed by atoms with Gasteiger partial charge in [0.15, 0.2) is 0 Å². The van der Waals surface area contributed by atoms with Crippen LogP contribution in [0.2, 0.25) is 0 Å². The summed E-state index contributed by atoms with van der Waals surface area (Å²) in [4.78, 5) is 10.7. The van der Waals surface area contributed by atoms with Crippen LogP contribution in [0.15, 0.2) is 45.6 Å². The molecular weight excluding hydrogens is 210 g/mol. The molecule has 0 saturated carbocycles. The largest absolute Gasteiger partial charge is 0.423 e. The lowest BCUT2D eigenvalue weighted by atomic mass is 10.2. The van der Waals surface area contributed by atoms with Gasteiger partial charge in [0.2, 0.25) is 0 Å². The molecule has 0 radical (unpaired) electrons. The highest BCUT2D eigenvalue weighted by Gasteiger charge is 1.92. The average Bonchev–Trinajstić information content (AvgIpc) is 2.29. The first kappa shape index (κ1) is 11.8. The highest BCUT2D eigenvalue weighted by atomic mass is 32.1. The Morgan fingerprint density at radius 3 is 2.53 bits per heavy atom. The molecule has 0 amide bonds. The molecule has 80 valence electrons. The van der Waals surface area contributed by atoms with E-state index in [2.05, 4.69) is 12.6 Å². The second kappa shape index (κ2) is 6.27. The Labute approximate surface area is 93.3 Å². The SMILES string of the molecule is NCCS.O=c1ccc2ccccc2o1. The molecule has 0 atom stereocenters. The first-order valence-electron chi connectivity index (χ1n) is 4.57. The van der Waals surface area contributed by atoms with Crippen molar-refractivity contribution in [2.45, 2.75) is 0 Å². The van der Waals surface area contributed by atoms with Crippen LogP contribution in [0.3, 0.4) is 0 Å². The van der Waals surface area contributed by atoms with Gasteiger partial charge in [-0.15, -0.1) is 0 Å². The fraction of sp³-hybridized carbons (Fsp3) is 0.182. The summed E-state index contributed by atoms with van der Waals surface area (Å²) in [5.41, 5.74) is 5.29. The van der Waals surface area contributed by atoms with Crippen LogP contribution in [-0.4, -0.2) is 12.3 Å². The fourth-order valence-electron chi connectivity index (χ4n) is 1.01. The number of hydrogen-bond acceptors (Lipinski definition) is 4. The van der Waals surface area contributed by atoms with Gasteiger partial charge >= 0.3 is 5.63 Å². The van der Waals surface area contributed by atoms with Gasteiger partial charge in [0, 0.05) is 23.8 Å². The fourth-order valence-corrected chi connectivity index (χ4v) is 1.01. The molecule has 0 bridgehead atoms. The quantitative estimate of drug-likeness (QED) is 0.571. The van der Waals surface area contributed by atoms with Crippen molar-refractivity contribution in [2.24, 2.45) is 5.73 Å². The van der Waals surface area contributed by atoms with E-state index in [0.29, 0.717) is 12.1 Å². The van der Waals surface area contributed by atoms with Crippen LogP contribution >= 0.6 is 12.6 Å². The standard InChI is InChI=1S/C9H6O2.C2H7NS/c10-9-6-5-7-3-1-2-4-8(7)11-9;3-1-2-4/h1-6H;4H,1-3H2. The average molecular weight is 223 g/mol. The van der Waals surface area contributed by atoms with Gasteiger partial charge in [0.05, 0.1) is 0 Å². The first-order chi connectivity index (χ1) is 7.27. The van der Waals surface area contributed by atoms with Crippen molar-refractivity contribution in [1.82, 2.24) is 0 Å². The van der Waals surface area contributed by atoms with Crippen LogP contribution in [0.25, 0.3) is 11.0 Å². The van der Waals surface area contributed by atoms with Crippen LogP contribution in [0.4, 0.5) is 0 Å². The lowest BCUT2D eigenvalue weighted by molar-refractivity contribution is 0.561. The van der Waals surface area contributed by atoms with Gasteiger partial charge in [-0.2, -0.15) is 12.6 Å². The van der Waals surface area contributed by atoms with Crippen LogP contribution in [-0.2, 0) is 0 Å². The van der Waals surface area contributed by atoms with Crippen molar-refractivity contribution >= 4 is 23.6 Å². The zero-order valence-corrected chi connectivity index (χ0v) is 9.11. The minimum atomic E-state index is -0.302. The molecule has 1 aromatic carbocycles. The summed E-state index contributed by atoms with van der Waals surface area (Å²) < 4.78 is 4.91. The monoisotopic (exact) mass is 223 g/mol. The summed E-state index contributed by atoms with van der Waals surface area (Å²) in [6.07, 6.45) is 0. The number of nitrogens with two attached hydrogens (primary N) is 1. The summed E-state index contributed by atoms with van der Waals surface area (Å²) in [5.74, 6) is 0.792. The molecule has 0 aliphatic heterocycles. The zero-order chi connectivity index (χ0) is 11.1. The van der Waals surface area contributed by atoms with Crippen molar-refractivity contribution in [1.29, 1.82) is 0 Å². The molecule has 0 aliphatic carbocycles. The number of rotatable bonds is 1. The maximum Gasteiger partial charge on any atom is 0.336 e. The van der Waals surface area contributed by atoms with Crippen molar-refractivity contribution in [2.75, 3.05) is 12.3 Å². The molecule has 1 heterocycles. The summed E-state index contributed by atoms with van der Waals surface area (Å²) in [5, 5.41) is 0.951. The van der Waals surface area contributed by atoms with Gasteiger partial charge in [0.1, 0.15) is 5.58 Å². The summed E-state index contributed by atoms with van der Waals surface area (Å²) in [7, 11) is 0. The second-order valence-electron chi connectivity index (χ2n) is 2.80. The van der Waals surface area contributed by atoms with E-state index in [1.165, 1.54) is 6.07 Å². The normalized spacial score (nSPS) is 9.47. The zero-order valence-electron chi connectivity index (χ0n) is 8.22. The van der Waals surface area contributed by atoms with E-state index in [9.17, 15) is 4.79 Å². The molecule has 1 aromatic heterocycles. The topological polar surface area (TPSA) is 56.2 Å². The number of hydrogen-bond donors (Lipinski definition) is 2. The molecule has 15 heavy (non-hydrogen) atoms. The minimum absolute atomic E-state index is 0.302. The Morgan fingerprint density at radius 2 is 1.87 bits per heavy atom. The van der Waals surface area contributed by atoms with Gasteiger partial charge < -0.3 is 10.2 Å². The third-order valence-corrected chi connectivity index (χ3v) is 1.92. The van der Waals surface area contributed by atoms with Crippen molar-refractivity contribution in [3.05, 3.63) is 46.8 Å². The molecule has 2 rings (SSSR count). The van der Waals surface area contributed by atoms with E-state index < -0.39 is 0 Å². The van der Waals surface area contributed by atoms with E-state index in [0.717, 1.165) is 11.1 Å². The maximum absolute atomic E-state index is 10.7. The lowest BCUT2D eigenvalue weighted by Crippen LogP contribution is -1.97. The molecule has 0 unspecified atom stereocenters. The Bertz CT molecular complexity index is 465. The van der Waals surface area contributed by atoms with Gasteiger partial charge in [-0.05, 0) is 12.1 Å². The van der Waals surface area contributed by atoms with E-state index in [-0.39, 0.29) is 5.63 Å². The molecule has 0 saturated heterocycles. The summed E-state index contributed by atoms with van der Waals surface area (Å²) >= 11 is 3.80. The minimum Gasteiger partial charge on any atom is -0.423 e. The van der Waals surface area contributed by atoms with E-state index in [1.807, 2.05) is 18.2 Å². The highest BCUT2D eigenvalue weighted by Crippen LogP contribution is 2.08. The van der Waals surface area contributed by atoms with Crippen LogP contribution in [0.1, 0.15) is 0 Å². The van der Waals surface area contributed by atoms with Crippen molar-refractivity contribution in [3.8, 4) is 0 Å². The number of benzene rings is 1. The molecular formula is C11H13NO2S. The Kier molecular flexibility index (Phi) is 4.93. The maximum atomic E-state index is 10.7. The Morgan fingerprint density at radius 1 is 1.20 bits per heavy atom. The second-order valence-corrected chi connectivity index (χ2v) is 3.25. The van der Waals surface area contributed by atoms with Crippen molar-refractivity contribution < 1.29 is 4.42 Å². The van der Waals surface area contributed by atoms with E-state index in [4.69, 9.17) is 10.2 Å². The van der Waals surface area contributed by atoms with Gasteiger partial charge in [-0.25, -0.2) is 4.79 Å². The third kappa shape index (κ3) is 3.77. The predicted molar refractivity (Wildman–Crippen MR) is 65.4 cm³/mol. The van der Waals surface area contributed by atoms with Crippen LogP contribution in [0.5, 0.6) is 0 Å². The van der Waals surface area contributed by atoms with Crippen LogP contribution < -0.4 is 11.4 Å². The molecule has 4 heteroatoms. The summed E-state index contributed by atoms with van der Waals surface area (Å²) in [6.45, 7) is 0.684. The number of thiol groups is 1. The molecule has 0 spiro atoms. The lowest BCUT2D eigenvalue weighted by Gasteiger charge is -1.91. The highest BCUT2D eigenvalue weighted by molar-refractivity contribution is 7.80. The summed E-state index contributed by atoms with van der Waals surface area (Å²) in [6, 6.07) is 10.6. The Hall–Kier alpha value is -1.26. The van der Waals surface area contributed by atoms with Gasteiger partial charge in [0.25, 0.3) is 0 Å². The van der Waals surface area contributed by atoms with Crippen molar-refractivity contribution in [3.63, 3.8) is 0 Å².